The average Bonchev–Trinajstić information content (AvgIpc) is 2.64. The number of halogens is 1. The maximum Gasteiger partial charge on any atom is 0.262 e. The van der Waals surface area contributed by atoms with Crippen molar-refractivity contribution in [1.82, 2.24) is 5.32 Å². The number of methoxy groups -OCH3 is 1. The number of nitrogens with one attached hydrogen (secondary N) is 2. The molecule has 2 aromatic carbocycles. The van der Waals surface area contributed by atoms with Crippen LogP contribution in [-0.2, 0) is 9.53 Å². The van der Waals surface area contributed by atoms with E-state index in [-0.39, 0.29) is 17.6 Å². The molecule has 0 saturated heterocycles. The van der Waals surface area contributed by atoms with Crippen molar-refractivity contribution in [1.29, 1.82) is 0 Å². The summed E-state index contributed by atoms with van der Waals surface area (Å²) in [6.45, 7) is 0.830. The molecule has 3 rings (SSSR count). The average molecular weight is 372 g/mol. The molecule has 0 unspecified atom stereocenters. The number of carbonyl (C=O) groups is 2. The maximum atomic E-state index is 13.8. The first-order valence-corrected chi connectivity index (χ1v) is 8.77. The Bertz CT molecular complexity index is 883. The van der Waals surface area contributed by atoms with Gasteiger partial charge in [-0.1, -0.05) is 30.0 Å². The number of carbonyl (C=O) groups excluding carboxylic acids is 2. The van der Waals surface area contributed by atoms with Gasteiger partial charge in [-0.2, -0.15) is 0 Å². The number of anilines is 1. The minimum absolute atomic E-state index is 0.239. The number of ether oxygens (including phenoxy) is 1. The standard InChI is InChI=1S/C19H17FN2O3S/c1-25-9-8-21-18(23)13-6-7-16-15(10-13)22-19(24)17(26-16)11-12-4-2-3-5-14(12)20/h2-7,10-11H,8-9H2,1H3,(H,21,23)(H,22,24). The molecule has 7 heteroatoms. The molecule has 2 amide bonds. The zero-order valence-electron chi connectivity index (χ0n) is 14.0. The predicted octanol–water partition coefficient (Wildman–Crippen LogP) is 3.29. The molecule has 5 nitrogen and oxygen atoms in total. The Kier molecular flexibility index (Phi) is 5.70. The minimum Gasteiger partial charge on any atom is -0.383 e. The van der Waals surface area contributed by atoms with E-state index in [0.29, 0.717) is 34.9 Å². The molecule has 26 heavy (non-hydrogen) atoms. The predicted molar refractivity (Wildman–Crippen MR) is 99.5 cm³/mol. The lowest BCUT2D eigenvalue weighted by atomic mass is 10.1. The minimum atomic E-state index is -0.387. The Hall–Kier alpha value is -2.64. The number of amides is 2. The number of benzene rings is 2. The van der Waals surface area contributed by atoms with Crippen molar-refractivity contribution >= 4 is 35.3 Å². The monoisotopic (exact) mass is 372 g/mol. The summed E-state index contributed by atoms with van der Waals surface area (Å²) in [5.41, 5.74) is 1.36. The van der Waals surface area contributed by atoms with Crippen molar-refractivity contribution in [2.24, 2.45) is 0 Å². The van der Waals surface area contributed by atoms with Gasteiger partial charge >= 0.3 is 0 Å². The lowest BCUT2D eigenvalue weighted by Gasteiger charge is -2.19. The van der Waals surface area contributed by atoms with Gasteiger partial charge in [-0.25, -0.2) is 4.39 Å². The largest absolute Gasteiger partial charge is 0.383 e. The summed E-state index contributed by atoms with van der Waals surface area (Å²) in [4.78, 5) is 25.6. The van der Waals surface area contributed by atoms with E-state index in [4.69, 9.17) is 4.74 Å². The van der Waals surface area contributed by atoms with Crippen LogP contribution in [0.3, 0.4) is 0 Å². The number of thioether (sulfide) groups is 1. The topological polar surface area (TPSA) is 67.4 Å². The van der Waals surface area contributed by atoms with E-state index in [1.165, 1.54) is 23.9 Å². The SMILES string of the molecule is COCCNC(=O)c1ccc2c(c1)NC(=O)C(=Cc1ccccc1F)S2. The molecule has 2 aromatic rings. The van der Waals surface area contributed by atoms with E-state index < -0.39 is 0 Å². The molecular weight excluding hydrogens is 355 g/mol. The molecule has 1 heterocycles. The third-order valence-electron chi connectivity index (χ3n) is 3.72. The van der Waals surface area contributed by atoms with E-state index in [1.54, 1.807) is 43.5 Å². The number of hydrogen-bond acceptors (Lipinski definition) is 4. The fraction of sp³-hybridized carbons (Fsp3) is 0.158. The van der Waals surface area contributed by atoms with Crippen LogP contribution in [0.4, 0.5) is 10.1 Å². The summed E-state index contributed by atoms with van der Waals surface area (Å²) < 4.78 is 18.7. The molecule has 2 N–H and O–H groups in total. The Morgan fingerprint density at radius 2 is 2.12 bits per heavy atom. The van der Waals surface area contributed by atoms with Gasteiger partial charge < -0.3 is 15.4 Å². The van der Waals surface area contributed by atoms with Crippen molar-refractivity contribution in [3.63, 3.8) is 0 Å². The van der Waals surface area contributed by atoms with Gasteiger partial charge in [0.15, 0.2) is 0 Å². The molecule has 0 bridgehead atoms. The summed E-state index contributed by atoms with van der Waals surface area (Å²) in [5, 5.41) is 5.49. The third kappa shape index (κ3) is 4.12. The first-order valence-electron chi connectivity index (χ1n) is 7.95. The highest BCUT2D eigenvalue weighted by atomic mass is 32.2. The van der Waals surface area contributed by atoms with E-state index >= 15 is 0 Å². The molecule has 0 aliphatic carbocycles. The zero-order valence-corrected chi connectivity index (χ0v) is 14.9. The fourth-order valence-electron chi connectivity index (χ4n) is 2.40. The summed E-state index contributed by atoms with van der Waals surface area (Å²) >= 11 is 1.24. The van der Waals surface area contributed by atoms with Crippen LogP contribution in [0.15, 0.2) is 52.3 Å². The van der Waals surface area contributed by atoms with E-state index in [2.05, 4.69) is 10.6 Å². The summed E-state index contributed by atoms with van der Waals surface area (Å²) in [6.07, 6.45) is 1.52. The van der Waals surface area contributed by atoms with E-state index in [9.17, 15) is 14.0 Å². The van der Waals surface area contributed by atoms with Crippen LogP contribution in [0, 0.1) is 5.82 Å². The first-order chi connectivity index (χ1) is 12.6. The van der Waals surface area contributed by atoms with Gasteiger partial charge in [0.05, 0.1) is 17.2 Å². The molecule has 0 aromatic heterocycles. The molecule has 0 saturated carbocycles. The van der Waals surface area contributed by atoms with Crippen molar-refractivity contribution < 1.29 is 18.7 Å². The van der Waals surface area contributed by atoms with Crippen LogP contribution in [0.5, 0.6) is 0 Å². The number of rotatable bonds is 5. The molecule has 1 aliphatic heterocycles. The number of hydrogen-bond donors (Lipinski definition) is 2. The Morgan fingerprint density at radius 3 is 2.88 bits per heavy atom. The van der Waals surface area contributed by atoms with Crippen LogP contribution in [-0.4, -0.2) is 32.1 Å². The van der Waals surface area contributed by atoms with Crippen molar-refractivity contribution in [2.45, 2.75) is 4.90 Å². The smallest absolute Gasteiger partial charge is 0.262 e. The zero-order chi connectivity index (χ0) is 18.5. The Morgan fingerprint density at radius 1 is 1.31 bits per heavy atom. The van der Waals surface area contributed by atoms with Crippen molar-refractivity contribution in [3.05, 3.63) is 64.3 Å². The quantitative estimate of drug-likeness (QED) is 0.624. The fourth-order valence-corrected chi connectivity index (χ4v) is 3.33. The van der Waals surface area contributed by atoms with Gasteiger partial charge in [0.25, 0.3) is 11.8 Å². The third-order valence-corrected chi connectivity index (χ3v) is 4.82. The van der Waals surface area contributed by atoms with Crippen LogP contribution in [0.25, 0.3) is 6.08 Å². The summed E-state index contributed by atoms with van der Waals surface area (Å²) in [5.74, 6) is -0.957. The molecule has 134 valence electrons. The molecule has 0 atom stereocenters. The van der Waals surface area contributed by atoms with Crippen molar-refractivity contribution in [3.8, 4) is 0 Å². The van der Waals surface area contributed by atoms with Crippen LogP contribution >= 0.6 is 11.8 Å². The summed E-state index contributed by atoms with van der Waals surface area (Å²) in [6, 6.07) is 11.3. The van der Waals surface area contributed by atoms with Crippen molar-refractivity contribution in [2.75, 3.05) is 25.6 Å². The van der Waals surface area contributed by atoms with Crippen LogP contribution in [0.1, 0.15) is 15.9 Å². The molecule has 1 aliphatic rings. The normalized spacial score (nSPS) is 14.7. The summed E-state index contributed by atoms with van der Waals surface area (Å²) in [7, 11) is 1.56. The Labute approximate surface area is 154 Å². The van der Waals surface area contributed by atoms with E-state index in [1.807, 2.05) is 0 Å². The molecule has 0 spiro atoms. The first kappa shape index (κ1) is 18.2. The second kappa shape index (κ2) is 8.16. The number of fused-ring (bicyclic) bond motifs is 1. The molecule has 0 fully saturated rings. The van der Waals surface area contributed by atoms with Gasteiger partial charge in [0, 0.05) is 29.7 Å². The highest BCUT2D eigenvalue weighted by Crippen LogP contribution is 2.39. The molecular formula is C19H17FN2O3S. The van der Waals surface area contributed by atoms with Crippen LogP contribution < -0.4 is 10.6 Å². The van der Waals surface area contributed by atoms with Gasteiger partial charge in [0.1, 0.15) is 5.82 Å². The second-order valence-corrected chi connectivity index (χ2v) is 6.63. The van der Waals surface area contributed by atoms with Gasteiger partial charge in [-0.15, -0.1) is 0 Å². The Balaban J connectivity index is 1.80. The lowest BCUT2D eigenvalue weighted by molar-refractivity contribution is -0.112. The molecule has 0 radical (unpaired) electrons. The van der Waals surface area contributed by atoms with Gasteiger partial charge in [-0.3, -0.25) is 9.59 Å². The van der Waals surface area contributed by atoms with Gasteiger partial charge in [0.2, 0.25) is 0 Å². The van der Waals surface area contributed by atoms with E-state index in [0.717, 1.165) is 4.90 Å². The highest BCUT2D eigenvalue weighted by molar-refractivity contribution is 8.04. The van der Waals surface area contributed by atoms with Gasteiger partial charge in [-0.05, 0) is 30.3 Å². The second-order valence-electron chi connectivity index (χ2n) is 5.55. The highest BCUT2D eigenvalue weighted by Gasteiger charge is 2.22. The van der Waals surface area contributed by atoms with Crippen LogP contribution in [0.2, 0.25) is 0 Å². The lowest BCUT2D eigenvalue weighted by Crippen LogP contribution is -2.27. The maximum absolute atomic E-state index is 13.8.